The molecular weight excluding hydrogens is 470 g/mol. The van der Waals surface area contributed by atoms with E-state index in [0.29, 0.717) is 44.0 Å². The molecule has 0 atom stereocenters. The first-order chi connectivity index (χ1) is 16.8. The lowest BCUT2D eigenvalue weighted by Gasteiger charge is -2.17. The fourth-order valence-electron chi connectivity index (χ4n) is 3.91. The van der Waals surface area contributed by atoms with E-state index in [9.17, 15) is 14.4 Å². The fourth-order valence-corrected chi connectivity index (χ4v) is 4.03. The fraction of sp³-hybridized carbons (Fsp3) is 0.148. The highest BCUT2D eigenvalue weighted by molar-refractivity contribution is 6.30. The second kappa shape index (κ2) is 10.0. The van der Waals surface area contributed by atoms with Crippen LogP contribution in [0.1, 0.15) is 20.8 Å². The SMILES string of the molecule is COc1ccc(C(=O)COC(=O)c2c(-c3ccc(Cl)cc3)c3ccccc3c(=O)n2C)cc1OC. The van der Waals surface area contributed by atoms with Crippen molar-refractivity contribution in [3.63, 3.8) is 0 Å². The lowest BCUT2D eigenvalue weighted by Crippen LogP contribution is -2.27. The number of fused-ring (bicyclic) bond motifs is 1. The zero-order valence-corrected chi connectivity index (χ0v) is 20.1. The Hall–Kier alpha value is -4.10. The summed E-state index contributed by atoms with van der Waals surface area (Å²) in [6.45, 7) is -0.518. The van der Waals surface area contributed by atoms with Crippen molar-refractivity contribution in [2.75, 3.05) is 20.8 Å². The van der Waals surface area contributed by atoms with Gasteiger partial charge in [-0.3, -0.25) is 9.59 Å². The highest BCUT2D eigenvalue weighted by atomic mass is 35.5. The Kier molecular flexibility index (Phi) is 6.89. The van der Waals surface area contributed by atoms with Gasteiger partial charge in [0.05, 0.1) is 14.2 Å². The number of nitrogens with zero attached hydrogens (tertiary/aromatic N) is 1. The molecule has 35 heavy (non-hydrogen) atoms. The largest absolute Gasteiger partial charge is 0.493 e. The van der Waals surface area contributed by atoms with Crippen molar-refractivity contribution >= 4 is 34.1 Å². The maximum absolute atomic E-state index is 13.3. The average Bonchev–Trinajstić information content (AvgIpc) is 2.89. The molecule has 0 fully saturated rings. The summed E-state index contributed by atoms with van der Waals surface area (Å²) in [4.78, 5) is 39.0. The van der Waals surface area contributed by atoms with E-state index in [1.807, 2.05) is 0 Å². The topological polar surface area (TPSA) is 83.8 Å². The maximum atomic E-state index is 13.3. The van der Waals surface area contributed by atoms with Gasteiger partial charge in [-0.2, -0.15) is 0 Å². The van der Waals surface area contributed by atoms with Crippen LogP contribution >= 0.6 is 11.6 Å². The van der Waals surface area contributed by atoms with E-state index in [-0.39, 0.29) is 11.3 Å². The Morgan fingerprint density at radius 3 is 2.20 bits per heavy atom. The van der Waals surface area contributed by atoms with Crippen LogP contribution in [0, 0.1) is 0 Å². The number of carbonyl (C=O) groups excluding carboxylic acids is 2. The van der Waals surface area contributed by atoms with Crippen LogP contribution in [0.2, 0.25) is 5.02 Å². The molecule has 4 rings (SSSR count). The molecule has 1 heterocycles. The molecule has 0 aliphatic carbocycles. The minimum Gasteiger partial charge on any atom is -0.493 e. The van der Waals surface area contributed by atoms with E-state index in [1.165, 1.54) is 31.9 Å². The van der Waals surface area contributed by atoms with E-state index in [1.54, 1.807) is 60.7 Å². The maximum Gasteiger partial charge on any atom is 0.356 e. The molecule has 1 aromatic heterocycles. The molecule has 178 valence electrons. The second-order valence-corrected chi connectivity index (χ2v) is 8.15. The first-order valence-electron chi connectivity index (χ1n) is 10.7. The predicted octanol–water partition coefficient (Wildman–Crippen LogP) is 4.92. The van der Waals surface area contributed by atoms with Gasteiger partial charge < -0.3 is 18.8 Å². The number of halogens is 1. The summed E-state index contributed by atoms with van der Waals surface area (Å²) in [6, 6.07) is 18.6. The van der Waals surface area contributed by atoms with Gasteiger partial charge in [-0.25, -0.2) is 4.79 Å². The minimum absolute atomic E-state index is 0.0381. The summed E-state index contributed by atoms with van der Waals surface area (Å²) in [5, 5.41) is 1.58. The number of ketones is 1. The number of ether oxygens (including phenoxy) is 3. The van der Waals surface area contributed by atoms with Crippen molar-refractivity contribution in [2.24, 2.45) is 7.05 Å². The summed E-state index contributed by atoms with van der Waals surface area (Å²) in [5.41, 5.74) is 1.18. The summed E-state index contributed by atoms with van der Waals surface area (Å²) in [7, 11) is 4.46. The minimum atomic E-state index is -0.797. The van der Waals surface area contributed by atoms with Crippen molar-refractivity contribution in [3.8, 4) is 22.6 Å². The predicted molar refractivity (Wildman–Crippen MR) is 134 cm³/mol. The normalized spacial score (nSPS) is 10.7. The van der Waals surface area contributed by atoms with Crippen LogP contribution in [0.15, 0.2) is 71.5 Å². The first kappa shape index (κ1) is 24.0. The van der Waals surface area contributed by atoms with E-state index < -0.39 is 18.4 Å². The third kappa shape index (κ3) is 4.63. The van der Waals surface area contributed by atoms with Crippen molar-refractivity contribution in [3.05, 3.63) is 93.4 Å². The van der Waals surface area contributed by atoms with Gasteiger partial charge in [-0.1, -0.05) is 41.9 Å². The van der Waals surface area contributed by atoms with Crippen LogP contribution in [0.3, 0.4) is 0 Å². The number of esters is 1. The number of aromatic nitrogens is 1. The summed E-state index contributed by atoms with van der Waals surface area (Å²) in [6.07, 6.45) is 0. The monoisotopic (exact) mass is 491 g/mol. The number of benzene rings is 3. The smallest absolute Gasteiger partial charge is 0.356 e. The van der Waals surface area contributed by atoms with Crippen LogP contribution in [-0.4, -0.2) is 37.1 Å². The molecule has 7 nitrogen and oxygen atoms in total. The average molecular weight is 492 g/mol. The quantitative estimate of drug-likeness (QED) is 0.269. The number of methoxy groups -OCH3 is 2. The number of pyridine rings is 1. The van der Waals surface area contributed by atoms with Gasteiger partial charge in [0.25, 0.3) is 5.56 Å². The molecule has 0 bridgehead atoms. The number of Topliss-reactive ketones (excluding diaryl/α,β-unsaturated/α-hetero) is 1. The van der Waals surface area contributed by atoms with Crippen LogP contribution in [-0.2, 0) is 11.8 Å². The van der Waals surface area contributed by atoms with E-state index in [0.717, 1.165) is 0 Å². The lowest BCUT2D eigenvalue weighted by molar-refractivity contribution is 0.0465. The molecule has 3 aromatic carbocycles. The first-order valence-corrected chi connectivity index (χ1v) is 11.0. The lowest BCUT2D eigenvalue weighted by atomic mass is 9.97. The molecular formula is C27H22ClNO6. The van der Waals surface area contributed by atoms with Gasteiger partial charge in [0.2, 0.25) is 0 Å². The van der Waals surface area contributed by atoms with Gasteiger partial charge in [-0.05, 0) is 47.3 Å². The van der Waals surface area contributed by atoms with Crippen LogP contribution in [0.5, 0.6) is 11.5 Å². The number of rotatable bonds is 7. The van der Waals surface area contributed by atoms with Gasteiger partial charge in [0, 0.05) is 28.6 Å². The van der Waals surface area contributed by atoms with Gasteiger partial charge in [0.15, 0.2) is 23.9 Å². The standard InChI is InChI=1S/C27H22ClNO6/c1-29-25(27(32)35-15-21(30)17-10-13-22(33-2)23(14-17)34-3)24(16-8-11-18(28)12-9-16)19-6-4-5-7-20(19)26(29)31/h4-14H,15H2,1-3H3. The van der Waals surface area contributed by atoms with E-state index >= 15 is 0 Å². The number of hydrogen-bond acceptors (Lipinski definition) is 6. The Morgan fingerprint density at radius 1 is 0.886 bits per heavy atom. The second-order valence-electron chi connectivity index (χ2n) is 7.71. The zero-order valence-electron chi connectivity index (χ0n) is 19.3. The van der Waals surface area contributed by atoms with Crippen LogP contribution in [0.25, 0.3) is 21.9 Å². The molecule has 0 spiro atoms. The van der Waals surface area contributed by atoms with Gasteiger partial charge >= 0.3 is 5.97 Å². The Morgan fingerprint density at radius 2 is 1.54 bits per heavy atom. The molecule has 0 saturated carbocycles. The van der Waals surface area contributed by atoms with Gasteiger partial charge in [0.1, 0.15) is 5.69 Å². The summed E-state index contributed by atoms with van der Waals surface area (Å²) >= 11 is 6.06. The Bertz CT molecular complexity index is 1490. The van der Waals surface area contributed by atoms with Crippen molar-refractivity contribution in [2.45, 2.75) is 0 Å². The molecule has 0 unspecified atom stereocenters. The number of carbonyl (C=O) groups is 2. The zero-order chi connectivity index (χ0) is 25.1. The van der Waals surface area contributed by atoms with E-state index in [4.69, 9.17) is 25.8 Å². The van der Waals surface area contributed by atoms with Crippen molar-refractivity contribution in [1.82, 2.24) is 4.57 Å². The molecule has 0 aliphatic rings. The van der Waals surface area contributed by atoms with Crippen LogP contribution < -0.4 is 15.0 Å². The summed E-state index contributed by atoms with van der Waals surface area (Å²) < 4.78 is 17.1. The third-order valence-electron chi connectivity index (χ3n) is 5.67. The highest BCUT2D eigenvalue weighted by Gasteiger charge is 2.24. The Labute approximate surface area is 206 Å². The molecule has 0 amide bonds. The molecule has 0 radical (unpaired) electrons. The van der Waals surface area contributed by atoms with Gasteiger partial charge in [-0.15, -0.1) is 0 Å². The molecule has 0 saturated heterocycles. The van der Waals surface area contributed by atoms with Crippen LogP contribution in [0.4, 0.5) is 0 Å². The molecule has 8 heteroatoms. The third-order valence-corrected chi connectivity index (χ3v) is 5.92. The highest BCUT2D eigenvalue weighted by Crippen LogP contribution is 2.32. The van der Waals surface area contributed by atoms with Crippen molar-refractivity contribution in [1.29, 1.82) is 0 Å². The molecule has 0 aliphatic heterocycles. The van der Waals surface area contributed by atoms with Crippen molar-refractivity contribution < 1.29 is 23.8 Å². The summed E-state index contributed by atoms with van der Waals surface area (Å²) in [5.74, 6) is -0.376. The molecule has 0 N–H and O–H groups in total. The number of hydrogen-bond donors (Lipinski definition) is 0. The van der Waals surface area contributed by atoms with E-state index in [2.05, 4.69) is 0 Å². The molecule has 4 aromatic rings. The Balaban J connectivity index is 1.73.